The second-order valence-electron chi connectivity index (χ2n) is 6.39. The monoisotopic (exact) mass is 426 g/mol. The zero-order valence-corrected chi connectivity index (χ0v) is 17.1. The van der Waals surface area contributed by atoms with E-state index in [-0.39, 0.29) is 39.5 Å². The number of benzene rings is 2. The number of ether oxygens (including phenoxy) is 4. The summed E-state index contributed by atoms with van der Waals surface area (Å²) in [5.74, 6) is -2.05. The first kappa shape index (κ1) is 21.6. The van der Waals surface area contributed by atoms with Gasteiger partial charge < -0.3 is 23.4 Å². The molecule has 0 amide bonds. The van der Waals surface area contributed by atoms with Crippen LogP contribution < -0.4 is 24.4 Å². The first-order valence-corrected chi connectivity index (χ1v) is 9.04. The van der Waals surface area contributed by atoms with Crippen LogP contribution in [0.3, 0.4) is 0 Å². The lowest BCUT2D eigenvalue weighted by atomic mass is 10.1. The van der Waals surface area contributed by atoms with Gasteiger partial charge in [0, 0.05) is 32.4 Å². The standard InChI is InChI=1S/C22H18O9/c1-11(23)28-17-8-5-14(9-19(17)29-12(2)24)21-22(30-13(3)25)20(26)16-7-6-15(27-4)10-18(16)31-21/h5-10H,1-4H3. The van der Waals surface area contributed by atoms with E-state index in [0.717, 1.165) is 6.92 Å². The SMILES string of the molecule is COc1ccc2c(=O)c(OC(C)=O)c(-c3ccc(OC(C)=O)c(OC(C)=O)c3)oc2c1. The van der Waals surface area contributed by atoms with Crippen molar-refractivity contribution >= 4 is 28.9 Å². The number of methoxy groups -OCH3 is 1. The van der Waals surface area contributed by atoms with Gasteiger partial charge in [0.25, 0.3) is 0 Å². The van der Waals surface area contributed by atoms with E-state index in [2.05, 4.69) is 0 Å². The van der Waals surface area contributed by atoms with Gasteiger partial charge in [0.2, 0.25) is 11.2 Å². The van der Waals surface area contributed by atoms with Crippen LogP contribution >= 0.6 is 0 Å². The van der Waals surface area contributed by atoms with Crippen molar-refractivity contribution in [1.82, 2.24) is 0 Å². The Hall–Kier alpha value is -4.14. The molecule has 0 saturated heterocycles. The van der Waals surface area contributed by atoms with Crippen molar-refractivity contribution < 1.29 is 37.7 Å². The Morgan fingerprint density at radius 2 is 1.45 bits per heavy atom. The minimum Gasteiger partial charge on any atom is -0.497 e. The molecule has 0 unspecified atom stereocenters. The average Bonchev–Trinajstić information content (AvgIpc) is 2.70. The smallest absolute Gasteiger partial charge is 0.308 e. The van der Waals surface area contributed by atoms with Crippen LogP contribution in [0.25, 0.3) is 22.3 Å². The second kappa shape index (κ2) is 8.70. The molecule has 0 radical (unpaired) electrons. The number of rotatable bonds is 5. The minimum absolute atomic E-state index is 0.00899. The summed E-state index contributed by atoms with van der Waals surface area (Å²) in [4.78, 5) is 47.5. The van der Waals surface area contributed by atoms with Crippen molar-refractivity contribution in [2.24, 2.45) is 0 Å². The van der Waals surface area contributed by atoms with Crippen molar-refractivity contribution in [2.45, 2.75) is 20.8 Å². The molecule has 0 fully saturated rings. The maximum Gasteiger partial charge on any atom is 0.308 e. The largest absolute Gasteiger partial charge is 0.497 e. The lowest BCUT2D eigenvalue weighted by Gasteiger charge is -2.13. The molecule has 9 heteroatoms. The molecule has 3 rings (SSSR count). The maximum absolute atomic E-state index is 13.0. The Morgan fingerprint density at radius 3 is 2.06 bits per heavy atom. The predicted octanol–water partition coefficient (Wildman–Crippen LogP) is 3.24. The molecule has 0 atom stereocenters. The molecule has 1 heterocycles. The van der Waals surface area contributed by atoms with Gasteiger partial charge in [-0.3, -0.25) is 19.2 Å². The molecule has 0 bridgehead atoms. The van der Waals surface area contributed by atoms with Crippen molar-refractivity contribution in [3.63, 3.8) is 0 Å². The summed E-state index contributed by atoms with van der Waals surface area (Å²) in [5.41, 5.74) is -0.147. The molecule has 0 spiro atoms. The summed E-state index contributed by atoms with van der Waals surface area (Å²) in [6.07, 6.45) is 0. The summed E-state index contributed by atoms with van der Waals surface area (Å²) in [7, 11) is 1.46. The van der Waals surface area contributed by atoms with E-state index in [1.807, 2.05) is 0 Å². The summed E-state index contributed by atoms with van der Waals surface area (Å²) < 4.78 is 26.4. The Morgan fingerprint density at radius 1 is 0.806 bits per heavy atom. The van der Waals surface area contributed by atoms with Crippen LogP contribution in [0.2, 0.25) is 0 Å². The quantitative estimate of drug-likeness (QED) is 0.447. The molecule has 9 nitrogen and oxygen atoms in total. The highest BCUT2D eigenvalue weighted by atomic mass is 16.6. The van der Waals surface area contributed by atoms with Crippen LogP contribution in [-0.4, -0.2) is 25.0 Å². The van der Waals surface area contributed by atoms with E-state index in [0.29, 0.717) is 5.75 Å². The number of carbonyl (C=O) groups is 3. The maximum atomic E-state index is 13.0. The minimum atomic E-state index is -0.724. The molecule has 0 aliphatic rings. The number of hydrogen-bond donors (Lipinski definition) is 0. The normalized spacial score (nSPS) is 10.5. The molecule has 160 valence electrons. The Kier molecular flexibility index (Phi) is 6.05. The molecule has 1 aromatic heterocycles. The van der Waals surface area contributed by atoms with E-state index >= 15 is 0 Å². The Balaban J connectivity index is 2.28. The molecule has 0 aliphatic heterocycles. The summed E-state index contributed by atoms with van der Waals surface area (Å²) in [6, 6.07) is 8.73. The van der Waals surface area contributed by atoms with Crippen LogP contribution in [0.5, 0.6) is 23.0 Å². The number of carbonyl (C=O) groups excluding carboxylic acids is 3. The molecular weight excluding hydrogens is 408 g/mol. The second-order valence-corrected chi connectivity index (χ2v) is 6.39. The zero-order valence-electron chi connectivity index (χ0n) is 17.1. The molecule has 2 aromatic carbocycles. The van der Waals surface area contributed by atoms with Gasteiger partial charge in [-0.25, -0.2) is 0 Å². The van der Waals surface area contributed by atoms with Crippen LogP contribution in [0.15, 0.2) is 45.6 Å². The van der Waals surface area contributed by atoms with Gasteiger partial charge in [0.15, 0.2) is 17.3 Å². The van der Waals surface area contributed by atoms with Crippen LogP contribution in [-0.2, 0) is 14.4 Å². The molecular formula is C22H18O9. The third-order valence-electron chi connectivity index (χ3n) is 4.02. The fourth-order valence-electron chi connectivity index (χ4n) is 2.83. The Bertz CT molecular complexity index is 1250. The Labute approximate surface area is 176 Å². The summed E-state index contributed by atoms with van der Waals surface area (Å²) >= 11 is 0. The van der Waals surface area contributed by atoms with Crippen LogP contribution in [0.4, 0.5) is 0 Å². The molecule has 31 heavy (non-hydrogen) atoms. The van der Waals surface area contributed by atoms with Gasteiger partial charge in [-0.1, -0.05) is 0 Å². The summed E-state index contributed by atoms with van der Waals surface area (Å²) in [5, 5.41) is 0.178. The van der Waals surface area contributed by atoms with Gasteiger partial charge in [0.05, 0.1) is 12.5 Å². The predicted molar refractivity (Wildman–Crippen MR) is 108 cm³/mol. The average molecular weight is 426 g/mol. The van der Waals surface area contributed by atoms with Gasteiger partial charge in [0.1, 0.15) is 11.3 Å². The topological polar surface area (TPSA) is 118 Å². The highest BCUT2D eigenvalue weighted by Crippen LogP contribution is 2.37. The fourth-order valence-corrected chi connectivity index (χ4v) is 2.83. The highest BCUT2D eigenvalue weighted by Gasteiger charge is 2.22. The highest BCUT2D eigenvalue weighted by molar-refractivity contribution is 5.85. The molecule has 0 saturated carbocycles. The number of hydrogen-bond acceptors (Lipinski definition) is 9. The van der Waals surface area contributed by atoms with Gasteiger partial charge in [-0.05, 0) is 30.3 Å². The van der Waals surface area contributed by atoms with Crippen LogP contribution in [0, 0.1) is 0 Å². The third-order valence-corrected chi connectivity index (χ3v) is 4.02. The molecule has 0 N–H and O–H groups in total. The van der Waals surface area contributed by atoms with Gasteiger partial charge in [-0.2, -0.15) is 0 Å². The lowest BCUT2D eigenvalue weighted by Crippen LogP contribution is -2.13. The fraction of sp³-hybridized carbons (Fsp3) is 0.182. The first-order chi connectivity index (χ1) is 14.7. The lowest BCUT2D eigenvalue weighted by molar-refractivity contribution is -0.134. The van der Waals surface area contributed by atoms with Crippen molar-refractivity contribution in [2.75, 3.05) is 7.11 Å². The van der Waals surface area contributed by atoms with Gasteiger partial charge in [-0.15, -0.1) is 0 Å². The summed E-state index contributed by atoms with van der Waals surface area (Å²) in [6.45, 7) is 3.52. The van der Waals surface area contributed by atoms with E-state index < -0.39 is 23.3 Å². The van der Waals surface area contributed by atoms with Crippen molar-refractivity contribution in [3.05, 3.63) is 46.6 Å². The van der Waals surface area contributed by atoms with E-state index in [1.54, 1.807) is 6.07 Å². The van der Waals surface area contributed by atoms with E-state index in [1.165, 1.54) is 51.3 Å². The molecule has 3 aromatic rings. The van der Waals surface area contributed by atoms with E-state index in [4.69, 9.17) is 23.4 Å². The first-order valence-electron chi connectivity index (χ1n) is 9.04. The zero-order chi connectivity index (χ0) is 22.7. The number of fused-ring (bicyclic) bond motifs is 1. The molecule has 0 aliphatic carbocycles. The van der Waals surface area contributed by atoms with Crippen molar-refractivity contribution in [3.8, 4) is 34.3 Å². The third kappa shape index (κ3) is 4.72. The van der Waals surface area contributed by atoms with Crippen molar-refractivity contribution in [1.29, 1.82) is 0 Å². The van der Waals surface area contributed by atoms with Crippen LogP contribution in [0.1, 0.15) is 20.8 Å². The number of esters is 3. The van der Waals surface area contributed by atoms with Gasteiger partial charge >= 0.3 is 17.9 Å². The van der Waals surface area contributed by atoms with E-state index in [9.17, 15) is 19.2 Å².